The molecule has 1 unspecified atom stereocenters. The summed E-state index contributed by atoms with van der Waals surface area (Å²) in [6, 6.07) is 13.0. The second-order valence-corrected chi connectivity index (χ2v) is 9.06. The standard InChI is InChI=1S/C23H23FN6O2S/c1-13(2)30-19(12-25-21(31)15-8-4-6-10-17(15)24)28-29-23(30)33-14(3)20-26-18-11-7-5-9-16(18)22(32)27-20/h4-11,13-14H,12H2,1-3H3,(H,25,31)(H,26,27,32). The number of H-pyrrole nitrogens is 1. The highest BCUT2D eigenvalue weighted by Crippen LogP contribution is 2.33. The van der Waals surface area contributed by atoms with Crippen LogP contribution in [0.25, 0.3) is 10.9 Å². The maximum Gasteiger partial charge on any atom is 0.258 e. The number of halogens is 1. The molecule has 33 heavy (non-hydrogen) atoms. The van der Waals surface area contributed by atoms with E-state index in [1.807, 2.05) is 31.4 Å². The van der Waals surface area contributed by atoms with Gasteiger partial charge in [-0.15, -0.1) is 10.2 Å². The van der Waals surface area contributed by atoms with Gasteiger partial charge in [0.05, 0.1) is 28.3 Å². The van der Waals surface area contributed by atoms with Crippen molar-refractivity contribution in [2.45, 2.75) is 43.8 Å². The van der Waals surface area contributed by atoms with E-state index < -0.39 is 11.7 Å². The molecule has 10 heteroatoms. The number of thioether (sulfide) groups is 1. The number of hydrogen-bond acceptors (Lipinski definition) is 6. The van der Waals surface area contributed by atoms with Crippen molar-refractivity contribution in [3.63, 3.8) is 0 Å². The summed E-state index contributed by atoms with van der Waals surface area (Å²) < 4.78 is 15.8. The Labute approximate surface area is 193 Å². The number of carbonyl (C=O) groups is 1. The van der Waals surface area contributed by atoms with Gasteiger partial charge in [0.1, 0.15) is 11.6 Å². The molecule has 0 aliphatic heterocycles. The quantitative estimate of drug-likeness (QED) is 0.399. The van der Waals surface area contributed by atoms with Gasteiger partial charge in [-0.2, -0.15) is 0 Å². The molecule has 0 spiro atoms. The predicted molar refractivity (Wildman–Crippen MR) is 125 cm³/mol. The molecule has 1 amide bonds. The van der Waals surface area contributed by atoms with Crippen LogP contribution in [0, 0.1) is 5.82 Å². The molecule has 4 aromatic rings. The summed E-state index contributed by atoms with van der Waals surface area (Å²) in [6.45, 7) is 5.99. The van der Waals surface area contributed by atoms with Gasteiger partial charge < -0.3 is 14.9 Å². The highest BCUT2D eigenvalue weighted by atomic mass is 32.2. The zero-order valence-electron chi connectivity index (χ0n) is 18.4. The Morgan fingerprint density at radius 1 is 1.12 bits per heavy atom. The Kier molecular flexibility index (Phi) is 6.55. The average molecular weight is 467 g/mol. The average Bonchev–Trinajstić information content (AvgIpc) is 3.20. The van der Waals surface area contributed by atoms with Crippen LogP contribution in [0.5, 0.6) is 0 Å². The van der Waals surface area contributed by atoms with E-state index in [4.69, 9.17) is 0 Å². The van der Waals surface area contributed by atoms with Gasteiger partial charge in [-0.25, -0.2) is 9.37 Å². The number of para-hydroxylation sites is 1. The third kappa shape index (κ3) is 4.80. The van der Waals surface area contributed by atoms with Crippen molar-refractivity contribution in [3.05, 3.63) is 81.9 Å². The van der Waals surface area contributed by atoms with Crippen LogP contribution < -0.4 is 10.9 Å². The molecule has 0 aliphatic rings. The summed E-state index contributed by atoms with van der Waals surface area (Å²) in [4.78, 5) is 32.2. The Balaban J connectivity index is 1.54. The molecule has 0 bridgehead atoms. The summed E-state index contributed by atoms with van der Waals surface area (Å²) in [7, 11) is 0. The molecule has 0 saturated carbocycles. The van der Waals surface area contributed by atoms with Crippen LogP contribution in [0.3, 0.4) is 0 Å². The third-order valence-corrected chi connectivity index (χ3v) is 6.14. The van der Waals surface area contributed by atoms with Crippen LogP contribution in [0.2, 0.25) is 0 Å². The maximum absolute atomic E-state index is 13.9. The van der Waals surface area contributed by atoms with Gasteiger partial charge in [0.2, 0.25) is 0 Å². The van der Waals surface area contributed by atoms with E-state index in [1.165, 1.54) is 30.0 Å². The maximum atomic E-state index is 13.9. The fourth-order valence-electron chi connectivity index (χ4n) is 3.44. The fraction of sp³-hybridized carbons (Fsp3) is 0.261. The first-order chi connectivity index (χ1) is 15.8. The Morgan fingerprint density at radius 2 is 1.85 bits per heavy atom. The first-order valence-corrected chi connectivity index (χ1v) is 11.3. The monoisotopic (exact) mass is 466 g/mol. The van der Waals surface area contributed by atoms with Crippen molar-refractivity contribution in [1.29, 1.82) is 0 Å². The number of nitrogens with one attached hydrogen (secondary N) is 2. The predicted octanol–water partition coefficient (Wildman–Crippen LogP) is 4.02. The van der Waals surface area contributed by atoms with Crippen molar-refractivity contribution in [2.75, 3.05) is 0 Å². The van der Waals surface area contributed by atoms with Gasteiger partial charge in [0.15, 0.2) is 11.0 Å². The zero-order chi connectivity index (χ0) is 23.5. The van der Waals surface area contributed by atoms with Crippen LogP contribution >= 0.6 is 11.8 Å². The second kappa shape index (κ2) is 9.53. The van der Waals surface area contributed by atoms with Crippen molar-refractivity contribution in [2.24, 2.45) is 0 Å². The number of aromatic amines is 1. The van der Waals surface area contributed by atoms with Gasteiger partial charge in [-0.3, -0.25) is 9.59 Å². The van der Waals surface area contributed by atoms with E-state index in [-0.39, 0.29) is 29.0 Å². The van der Waals surface area contributed by atoms with Gasteiger partial charge in [0.25, 0.3) is 11.5 Å². The lowest BCUT2D eigenvalue weighted by molar-refractivity contribution is 0.0945. The van der Waals surface area contributed by atoms with E-state index in [1.54, 1.807) is 24.3 Å². The number of aromatic nitrogens is 5. The summed E-state index contributed by atoms with van der Waals surface area (Å²) in [5, 5.41) is 12.2. The summed E-state index contributed by atoms with van der Waals surface area (Å²) in [5.41, 5.74) is 0.415. The van der Waals surface area contributed by atoms with Crippen molar-refractivity contribution >= 4 is 28.6 Å². The normalized spacial score (nSPS) is 12.3. The molecule has 0 fully saturated rings. The molecule has 1 atom stereocenters. The molecule has 0 radical (unpaired) electrons. The number of amides is 1. The van der Waals surface area contributed by atoms with Crippen LogP contribution in [-0.2, 0) is 6.54 Å². The molecular weight excluding hydrogens is 443 g/mol. The molecule has 0 aliphatic carbocycles. The second-order valence-electron chi connectivity index (χ2n) is 7.75. The highest BCUT2D eigenvalue weighted by molar-refractivity contribution is 7.99. The zero-order valence-corrected chi connectivity index (χ0v) is 19.2. The number of hydrogen-bond donors (Lipinski definition) is 2. The lowest BCUT2D eigenvalue weighted by Gasteiger charge is -2.16. The first kappa shape index (κ1) is 22.7. The van der Waals surface area contributed by atoms with Gasteiger partial charge in [-0.1, -0.05) is 36.0 Å². The molecule has 2 heterocycles. The minimum atomic E-state index is -0.581. The van der Waals surface area contributed by atoms with Crippen molar-refractivity contribution in [3.8, 4) is 0 Å². The topological polar surface area (TPSA) is 106 Å². The molecule has 2 aromatic carbocycles. The lowest BCUT2D eigenvalue weighted by Crippen LogP contribution is -2.26. The van der Waals surface area contributed by atoms with Crippen molar-refractivity contribution < 1.29 is 9.18 Å². The van der Waals surface area contributed by atoms with E-state index >= 15 is 0 Å². The number of fused-ring (bicyclic) bond motifs is 1. The summed E-state index contributed by atoms with van der Waals surface area (Å²) in [5.74, 6) is -0.0186. The summed E-state index contributed by atoms with van der Waals surface area (Å²) in [6.07, 6.45) is 0. The SMILES string of the molecule is CC(Sc1nnc(CNC(=O)c2ccccc2F)n1C(C)C)c1nc2ccccc2c(=O)[nH]1. The van der Waals surface area contributed by atoms with E-state index in [2.05, 4.69) is 25.5 Å². The van der Waals surface area contributed by atoms with Gasteiger partial charge in [0, 0.05) is 6.04 Å². The molecule has 0 saturated heterocycles. The van der Waals surface area contributed by atoms with Crippen molar-refractivity contribution in [1.82, 2.24) is 30.0 Å². The van der Waals surface area contributed by atoms with Gasteiger partial charge in [-0.05, 0) is 45.0 Å². The van der Waals surface area contributed by atoms with Crippen LogP contribution in [0.4, 0.5) is 4.39 Å². The molecule has 8 nitrogen and oxygen atoms in total. The molecule has 170 valence electrons. The Bertz CT molecular complexity index is 1370. The smallest absolute Gasteiger partial charge is 0.258 e. The van der Waals surface area contributed by atoms with E-state index in [0.29, 0.717) is 27.7 Å². The third-order valence-electron chi connectivity index (χ3n) is 5.08. The summed E-state index contributed by atoms with van der Waals surface area (Å²) >= 11 is 1.41. The Hall–Kier alpha value is -3.53. The number of benzene rings is 2. The fourth-order valence-corrected chi connectivity index (χ4v) is 4.50. The number of carbonyl (C=O) groups excluding carboxylic acids is 1. The largest absolute Gasteiger partial charge is 0.345 e. The van der Waals surface area contributed by atoms with Crippen LogP contribution in [0.15, 0.2) is 58.5 Å². The number of nitrogens with zero attached hydrogens (tertiary/aromatic N) is 4. The molecule has 2 N–H and O–H groups in total. The lowest BCUT2D eigenvalue weighted by atomic mass is 10.2. The minimum Gasteiger partial charge on any atom is -0.345 e. The van der Waals surface area contributed by atoms with Crippen LogP contribution in [-0.4, -0.2) is 30.6 Å². The minimum absolute atomic E-state index is 0.0127. The highest BCUT2D eigenvalue weighted by Gasteiger charge is 2.21. The van der Waals surface area contributed by atoms with Gasteiger partial charge >= 0.3 is 0 Å². The molecule has 2 aromatic heterocycles. The first-order valence-electron chi connectivity index (χ1n) is 10.5. The van der Waals surface area contributed by atoms with E-state index in [9.17, 15) is 14.0 Å². The number of rotatable bonds is 7. The van der Waals surface area contributed by atoms with Crippen LogP contribution in [0.1, 0.15) is 54.1 Å². The Morgan fingerprint density at radius 3 is 2.61 bits per heavy atom. The molecule has 4 rings (SSSR count). The van der Waals surface area contributed by atoms with E-state index in [0.717, 1.165) is 0 Å². The molecular formula is C23H23FN6O2S.